The first-order valence-electron chi connectivity index (χ1n) is 6.57. The molecule has 0 radical (unpaired) electrons. The van der Waals surface area contributed by atoms with Gasteiger partial charge in [0.2, 0.25) is 0 Å². The number of rotatable bonds is 6. The summed E-state index contributed by atoms with van der Waals surface area (Å²) in [4.78, 5) is 15.0. The van der Waals surface area contributed by atoms with E-state index < -0.39 is 4.92 Å². The molecule has 0 atom stereocenters. The molecule has 0 unspecified atom stereocenters. The highest BCUT2D eigenvalue weighted by Crippen LogP contribution is 2.28. The number of hydrogen-bond donors (Lipinski definition) is 1. The molecule has 110 valence electrons. The molecular formula is C15H17N3O3. The summed E-state index contributed by atoms with van der Waals surface area (Å²) in [7, 11) is 1.79. The molecule has 0 aliphatic carbocycles. The van der Waals surface area contributed by atoms with Crippen LogP contribution < -0.4 is 10.1 Å². The highest BCUT2D eigenvalue weighted by atomic mass is 16.6. The maximum Gasteiger partial charge on any atom is 0.311 e. The van der Waals surface area contributed by atoms with Gasteiger partial charge in [-0.05, 0) is 37.7 Å². The molecule has 0 saturated carbocycles. The van der Waals surface area contributed by atoms with Gasteiger partial charge in [-0.1, -0.05) is 12.1 Å². The van der Waals surface area contributed by atoms with Crippen molar-refractivity contribution in [2.75, 3.05) is 7.05 Å². The summed E-state index contributed by atoms with van der Waals surface area (Å²) in [5, 5.41) is 14.1. The molecule has 0 aliphatic heterocycles. The second-order valence-electron chi connectivity index (χ2n) is 4.65. The van der Waals surface area contributed by atoms with Gasteiger partial charge < -0.3 is 10.1 Å². The third-order valence-electron chi connectivity index (χ3n) is 2.92. The molecule has 1 N–H and O–H groups in total. The van der Waals surface area contributed by atoms with E-state index in [2.05, 4.69) is 10.3 Å². The van der Waals surface area contributed by atoms with Gasteiger partial charge in [0.25, 0.3) is 0 Å². The first kappa shape index (κ1) is 14.9. The Morgan fingerprint density at radius 1 is 1.33 bits per heavy atom. The van der Waals surface area contributed by atoms with Crippen molar-refractivity contribution >= 4 is 5.69 Å². The molecule has 21 heavy (non-hydrogen) atoms. The molecule has 0 bridgehead atoms. The lowest BCUT2D eigenvalue weighted by atomic mass is 10.2. The topological polar surface area (TPSA) is 77.3 Å². The van der Waals surface area contributed by atoms with E-state index in [1.54, 1.807) is 13.1 Å². The van der Waals surface area contributed by atoms with Crippen molar-refractivity contribution in [3.8, 4) is 5.75 Å². The Bertz CT molecular complexity index is 644. The molecule has 6 heteroatoms. The van der Waals surface area contributed by atoms with Crippen LogP contribution in [0.4, 0.5) is 5.69 Å². The van der Waals surface area contributed by atoms with Crippen LogP contribution in [0.15, 0.2) is 36.4 Å². The number of aromatic nitrogens is 1. The van der Waals surface area contributed by atoms with Crippen LogP contribution in [0, 0.1) is 17.0 Å². The molecule has 6 nitrogen and oxygen atoms in total. The Labute approximate surface area is 122 Å². The van der Waals surface area contributed by atoms with Crippen LogP contribution in [0.5, 0.6) is 5.75 Å². The summed E-state index contributed by atoms with van der Waals surface area (Å²) in [5.41, 5.74) is 2.43. The highest BCUT2D eigenvalue weighted by molar-refractivity contribution is 5.48. The smallest absolute Gasteiger partial charge is 0.311 e. The number of hydrogen-bond acceptors (Lipinski definition) is 5. The van der Waals surface area contributed by atoms with Crippen molar-refractivity contribution in [2.45, 2.75) is 20.1 Å². The van der Waals surface area contributed by atoms with Crippen LogP contribution in [0.1, 0.15) is 17.0 Å². The Morgan fingerprint density at radius 2 is 2.14 bits per heavy atom. The third-order valence-corrected chi connectivity index (χ3v) is 2.92. The van der Waals surface area contributed by atoms with E-state index in [1.807, 2.05) is 31.2 Å². The molecule has 0 saturated heterocycles. The number of pyridine rings is 1. The predicted octanol–water partition coefficient (Wildman–Crippen LogP) is 2.60. The van der Waals surface area contributed by atoms with Gasteiger partial charge in [-0.15, -0.1) is 0 Å². The quantitative estimate of drug-likeness (QED) is 0.652. The van der Waals surface area contributed by atoms with E-state index in [-0.39, 0.29) is 18.0 Å². The van der Waals surface area contributed by atoms with E-state index in [9.17, 15) is 10.1 Å². The number of nitrogens with one attached hydrogen (secondary N) is 1. The minimum atomic E-state index is -0.432. The second kappa shape index (κ2) is 6.81. The van der Waals surface area contributed by atoms with Crippen LogP contribution in [-0.2, 0) is 13.2 Å². The fourth-order valence-corrected chi connectivity index (χ4v) is 1.97. The zero-order valence-electron chi connectivity index (χ0n) is 12.0. The summed E-state index contributed by atoms with van der Waals surface area (Å²) in [5.74, 6) is 0.253. The SMILES string of the molecule is CNCc1ccc(OCc2cccc(C)n2)c([N+](=O)[O-])c1. The normalized spacial score (nSPS) is 10.4. The fraction of sp³-hybridized carbons (Fsp3) is 0.267. The Kier molecular flexibility index (Phi) is 4.84. The zero-order chi connectivity index (χ0) is 15.2. The molecule has 1 aromatic heterocycles. The number of ether oxygens (including phenoxy) is 1. The van der Waals surface area contributed by atoms with Crippen molar-refractivity contribution in [2.24, 2.45) is 0 Å². The summed E-state index contributed by atoms with van der Waals surface area (Å²) in [6.07, 6.45) is 0. The summed E-state index contributed by atoms with van der Waals surface area (Å²) in [6.45, 7) is 2.66. The molecule has 0 spiro atoms. The number of nitrogens with zero attached hydrogens (tertiary/aromatic N) is 2. The number of aryl methyl sites for hydroxylation is 1. The van der Waals surface area contributed by atoms with E-state index >= 15 is 0 Å². The monoisotopic (exact) mass is 287 g/mol. The first-order valence-corrected chi connectivity index (χ1v) is 6.57. The Morgan fingerprint density at radius 3 is 2.81 bits per heavy atom. The lowest BCUT2D eigenvalue weighted by Gasteiger charge is -2.08. The van der Waals surface area contributed by atoms with Crippen molar-refractivity contribution in [3.63, 3.8) is 0 Å². The maximum absolute atomic E-state index is 11.1. The lowest BCUT2D eigenvalue weighted by molar-refractivity contribution is -0.386. The lowest BCUT2D eigenvalue weighted by Crippen LogP contribution is -2.06. The molecule has 0 amide bonds. The first-order chi connectivity index (χ1) is 10.1. The van der Waals surface area contributed by atoms with Crippen LogP contribution in [0.25, 0.3) is 0 Å². The molecule has 2 rings (SSSR count). The van der Waals surface area contributed by atoms with E-state index in [0.29, 0.717) is 6.54 Å². The van der Waals surface area contributed by atoms with Gasteiger partial charge in [0.1, 0.15) is 6.61 Å². The van der Waals surface area contributed by atoms with Gasteiger partial charge in [0.05, 0.1) is 10.6 Å². The van der Waals surface area contributed by atoms with Gasteiger partial charge in [-0.2, -0.15) is 0 Å². The highest BCUT2D eigenvalue weighted by Gasteiger charge is 2.16. The average molecular weight is 287 g/mol. The summed E-state index contributed by atoms with van der Waals surface area (Å²) < 4.78 is 5.55. The standard InChI is InChI=1S/C15H17N3O3/c1-11-4-3-5-13(17-11)10-21-15-7-6-12(9-16-2)8-14(15)18(19)20/h3-8,16H,9-10H2,1-2H3. The third kappa shape index (κ3) is 4.00. The Balaban J connectivity index is 2.17. The van der Waals surface area contributed by atoms with E-state index in [1.165, 1.54) is 6.07 Å². The Hall–Kier alpha value is -2.47. The molecule has 1 aromatic carbocycles. The number of nitro benzene ring substituents is 1. The van der Waals surface area contributed by atoms with Gasteiger partial charge in [-0.3, -0.25) is 15.1 Å². The van der Waals surface area contributed by atoms with Crippen molar-refractivity contribution < 1.29 is 9.66 Å². The largest absolute Gasteiger partial charge is 0.480 e. The van der Waals surface area contributed by atoms with Crippen LogP contribution in [0.3, 0.4) is 0 Å². The molecular weight excluding hydrogens is 270 g/mol. The van der Waals surface area contributed by atoms with E-state index in [4.69, 9.17) is 4.74 Å². The van der Waals surface area contributed by atoms with E-state index in [0.717, 1.165) is 17.0 Å². The molecule has 0 aliphatic rings. The molecule has 1 heterocycles. The van der Waals surface area contributed by atoms with Crippen LogP contribution in [0.2, 0.25) is 0 Å². The van der Waals surface area contributed by atoms with Gasteiger partial charge in [-0.25, -0.2) is 0 Å². The maximum atomic E-state index is 11.1. The number of nitro groups is 1. The minimum Gasteiger partial charge on any atom is -0.480 e. The molecule has 2 aromatic rings. The molecule has 0 fully saturated rings. The van der Waals surface area contributed by atoms with Crippen molar-refractivity contribution in [3.05, 3.63) is 63.5 Å². The van der Waals surface area contributed by atoms with Crippen molar-refractivity contribution in [1.82, 2.24) is 10.3 Å². The summed E-state index contributed by atoms with van der Waals surface area (Å²) in [6, 6.07) is 10.6. The minimum absolute atomic E-state index is 0.0320. The van der Waals surface area contributed by atoms with Crippen LogP contribution >= 0.6 is 0 Å². The average Bonchev–Trinajstić information content (AvgIpc) is 2.46. The van der Waals surface area contributed by atoms with Crippen LogP contribution in [-0.4, -0.2) is 17.0 Å². The van der Waals surface area contributed by atoms with Crippen molar-refractivity contribution in [1.29, 1.82) is 0 Å². The second-order valence-corrected chi connectivity index (χ2v) is 4.65. The fourth-order valence-electron chi connectivity index (χ4n) is 1.97. The van der Waals surface area contributed by atoms with Gasteiger partial charge in [0.15, 0.2) is 5.75 Å². The predicted molar refractivity (Wildman–Crippen MR) is 79.2 cm³/mol. The number of benzene rings is 1. The van der Waals surface area contributed by atoms with Gasteiger partial charge in [0, 0.05) is 18.3 Å². The summed E-state index contributed by atoms with van der Waals surface area (Å²) >= 11 is 0. The zero-order valence-corrected chi connectivity index (χ0v) is 12.0. The van der Waals surface area contributed by atoms with Gasteiger partial charge >= 0.3 is 5.69 Å².